The van der Waals surface area contributed by atoms with Crippen LogP contribution in [0, 0.1) is 0 Å². The number of rotatable bonds is 3. The molecule has 2 aliphatic rings. The summed E-state index contributed by atoms with van der Waals surface area (Å²) in [6, 6.07) is 11.3. The predicted octanol–water partition coefficient (Wildman–Crippen LogP) is 3.78. The van der Waals surface area contributed by atoms with Gasteiger partial charge in [-0.1, -0.05) is 43.5 Å². The van der Waals surface area contributed by atoms with Gasteiger partial charge in [0, 0.05) is 25.3 Å². The van der Waals surface area contributed by atoms with E-state index >= 15 is 0 Å². The van der Waals surface area contributed by atoms with E-state index in [9.17, 15) is 0 Å². The Bertz CT molecular complexity index is 664. The highest BCUT2D eigenvalue weighted by Crippen LogP contribution is 2.24. The van der Waals surface area contributed by atoms with Gasteiger partial charge in [0.05, 0.1) is 0 Å². The van der Waals surface area contributed by atoms with Gasteiger partial charge >= 0.3 is 0 Å². The summed E-state index contributed by atoms with van der Waals surface area (Å²) < 4.78 is 0. The molecule has 120 valence electrons. The van der Waals surface area contributed by atoms with Crippen LogP contribution in [0.5, 0.6) is 0 Å². The molecule has 1 aliphatic carbocycles. The van der Waals surface area contributed by atoms with E-state index in [2.05, 4.69) is 39.5 Å². The molecule has 2 aromatic rings. The van der Waals surface area contributed by atoms with Gasteiger partial charge in [-0.15, -0.1) is 0 Å². The van der Waals surface area contributed by atoms with Gasteiger partial charge in [0.2, 0.25) is 5.95 Å². The lowest BCUT2D eigenvalue weighted by molar-refractivity contribution is 0.461. The zero-order chi connectivity index (χ0) is 15.5. The van der Waals surface area contributed by atoms with E-state index in [0.29, 0.717) is 6.04 Å². The number of hydrogen-bond acceptors (Lipinski definition) is 4. The molecule has 0 unspecified atom stereocenters. The maximum absolute atomic E-state index is 4.77. The van der Waals surface area contributed by atoms with Gasteiger partial charge in [0.1, 0.15) is 5.82 Å². The molecule has 4 rings (SSSR count). The Labute approximate surface area is 138 Å². The van der Waals surface area contributed by atoms with Crippen LogP contribution in [-0.4, -0.2) is 22.6 Å². The van der Waals surface area contributed by atoms with Crippen LogP contribution in [0.2, 0.25) is 0 Å². The van der Waals surface area contributed by atoms with Crippen molar-refractivity contribution in [1.29, 1.82) is 0 Å². The summed E-state index contributed by atoms with van der Waals surface area (Å²) >= 11 is 0. The van der Waals surface area contributed by atoms with Crippen LogP contribution in [0.15, 0.2) is 36.5 Å². The Morgan fingerprint density at radius 1 is 1.00 bits per heavy atom. The fourth-order valence-corrected chi connectivity index (χ4v) is 3.72. The Hall–Kier alpha value is -2.10. The molecule has 1 aromatic carbocycles. The molecule has 4 nitrogen and oxygen atoms in total. The van der Waals surface area contributed by atoms with Crippen molar-refractivity contribution < 1.29 is 0 Å². The van der Waals surface area contributed by atoms with Crippen LogP contribution in [0.4, 0.5) is 11.8 Å². The predicted molar refractivity (Wildman–Crippen MR) is 93.7 cm³/mol. The summed E-state index contributed by atoms with van der Waals surface area (Å²) in [7, 11) is 0. The maximum atomic E-state index is 4.77. The fraction of sp³-hybridized carbons (Fsp3) is 0.474. The molecule has 0 radical (unpaired) electrons. The number of nitrogens with one attached hydrogen (secondary N) is 1. The van der Waals surface area contributed by atoms with Gasteiger partial charge in [-0.3, -0.25) is 0 Å². The van der Waals surface area contributed by atoms with Crippen LogP contribution in [-0.2, 0) is 13.0 Å². The molecule has 1 N–H and O–H groups in total. The summed E-state index contributed by atoms with van der Waals surface area (Å²) in [6.45, 7) is 1.97. The Morgan fingerprint density at radius 3 is 2.70 bits per heavy atom. The van der Waals surface area contributed by atoms with E-state index in [0.717, 1.165) is 31.3 Å². The minimum Gasteiger partial charge on any atom is -0.352 e. The lowest BCUT2D eigenvalue weighted by Crippen LogP contribution is -2.31. The highest BCUT2D eigenvalue weighted by atomic mass is 15.2. The van der Waals surface area contributed by atoms with Crippen LogP contribution in [0.1, 0.15) is 43.2 Å². The standard InChI is InChI=1S/C19H24N4/c1-2-8-17(9-3-1)21-19-20-12-10-18(22-19)23-13-11-15-6-4-5-7-16(15)14-23/h4-7,10,12,17H,1-3,8-9,11,13-14H2,(H,20,21,22). The van der Waals surface area contributed by atoms with E-state index < -0.39 is 0 Å². The van der Waals surface area contributed by atoms with Crippen LogP contribution in [0.25, 0.3) is 0 Å². The number of benzene rings is 1. The smallest absolute Gasteiger partial charge is 0.224 e. The van der Waals surface area contributed by atoms with Gasteiger partial charge in [-0.25, -0.2) is 4.98 Å². The molecule has 23 heavy (non-hydrogen) atoms. The summed E-state index contributed by atoms with van der Waals surface area (Å²) in [5, 5.41) is 3.53. The lowest BCUT2D eigenvalue weighted by Gasteiger charge is -2.30. The zero-order valence-electron chi connectivity index (χ0n) is 13.5. The largest absolute Gasteiger partial charge is 0.352 e. The van der Waals surface area contributed by atoms with Crippen molar-refractivity contribution in [2.45, 2.75) is 51.1 Å². The molecule has 0 amide bonds. The fourth-order valence-electron chi connectivity index (χ4n) is 3.72. The first-order chi connectivity index (χ1) is 11.4. The van der Waals surface area contributed by atoms with Crippen molar-refractivity contribution >= 4 is 11.8 Å². The number of nitrogens with zero attached hydrogens (tertiary/aromatic N) is 3. The quantitative estimate of drug-likeness (QED) is 0.937. The monoisotopic (exact) mass is 308 g/mol. The second-order valence-corrected chi connectivity index (χ2v) is 6.66. The molecule has 0 bridgehead atoms. The summed E-state index contributed by atoms with van der Waals surface area (Å²) in [5.74, 6) is 1.82. The Balaban J connectivity index is 1.48. The van der Waals surface area contributed by atoms with E-state index in [1.54, 1.807) is 0 Å². The molecule has 1 aliphatic heterocycles. The van der Waals surface area contributed by atoms with Gasteiger partial charge in [0.25, 0.3) is 0 Å². The molecule has 1 saturated carbocycles. The van der Waals surface area contributed by atoms with Crippen molar-refractivity contribution in [3.63, 3.8) is 0 Å². The normalized spacial score (nSPS) is 18.5. The maximum Gasteiger partial charge on any atom is 0.224 e. The van der Waals surface area contributed by atoms with Crippen molar-refractivity contribution in [3.8, 4) is 0 Å². The van der Waals surface area contributed by atoms with E-state index in [1.165, 1.54) is 43.2 Å². The molecular formula is C19H24N4. The average Bonchev–Trinajstić information content (AvgIpc) is 2.62. The third-order valence-electron chi connectivity index (χ3n) is 5.03. The number of fused-ring (bicyclic) bond motifs is 1. The van der Waals surface area contributed by atoms with Gasteiger partial charge in [0.15, 0.2) is 0 Å². The third kappa shape index (κ3) is 3.31. The van der Waals surface area contributed by atoms with Crippen LogP contribution >= 0.6 is 0 Å². The van der Waals surface area contributed by atoms with Gasteiger partial charge in [-0.05, 0) is 36.5 Å². The second-order valence-electron chi connectivity index (χ2n) is 6.66. The van der Waals surface area contributed by atoms with Crippen molar-refractivity contribution in [2.24, 2.45) is 0 Å². The Morgan fingerprint density at radius 2 is 1.83 bits per heavy atom. The lowest BCUT2D eigenvalue weighted by atomic mass is 9.96. The van der Waals surface area contributed by atoms with Crippen LogP contribution in [0.3, 0.4) is 0 Å². The summed E-state index contributed by atoms with van der Waals surface area (Å²) in [4.78, 5) is 11.5. The van der Waals surface area contributed by atoms with Crippen molar-refractivity contribution in [1.82, 2.24) is 9.97 Å². The zero-order valence-corrected chi connectivity index (χ0v) is 13.5. The molecule has 2 heterocycles. The highest BCUT2D eigenvalue weighted by molar-refractivity contribution is 5.46. The van der Waals surface area contributed by atoms with Crippen molar-refractivity contribution in [3.05, 3.63) is 47.7 Å². The summed E-state index contributed by atoms with van der Waals surface area (Å²) in [6.07, 6.45) is 9.46. The minimum atomic E-state index is 0.543. The van der Waals surface area contributed by atoms with E-state index in [4.69, 9.17) is 4.98 Å². The SMILES string of the molecule is c1ccc2c(c1)CCN(c1ccnc(NC3CCCCC3)n1)C2. The highest BCUT2D eigenvalue weighted by Gasteiger charge is 2.18. The minimum absolute atomic E-state index is 0.543. The first-order valence-corrected chi connectivity index (χ1v) is 8.80. The number of anilines is 2. The molecule has 4 heteroatoms. The molecular weight excluding hydrogens is 284 g/mol. The number of hydrogen-bond donors (Lipinski definition) is 1. The molecule has 1 fully saturated rings. The average molecular weight is 308 g/mol. The molecule has 0 atom stereocenters. The number of aromatic nitrogens is 2. The van der Waals surface area contributed by atoms with E-state index in [1.807, 2.05) is 12.3 Å². The summed E-state index contributed by atoms with van der Waals surface area (Å²) in [5.41, 5.74) is 2.89. The molecule has 0 saturated heterocycles. The van der Waals surface area contributed by atoms with E-state index in [-0.39, 0.29) is 0 Å². The molecule has 0 spiro atoms. The first-order valence-electron chi connectivity index (χ1n) is 8.80. The van der Waals surface area contributed by atoms with Crippen LogP contribution < -0.4 is 10.2 Å². The Kier molecular flexibility index (Phi) is 4.14. The van der Waals surface area contributed by atoms with Gasteiger partial charge in [-0.2, -0.15) is 4.98 Å². The van der Waals surface area contributed by atoms with Gasteiger partial charge < -0.3 is 10.2 Å². The first kappa shape index (κ1) is 14.5. The van der Waals surface area contributed by atoms with Crippen molar-refractivity contribution in [2.75, 3.05) is 16.8 Å². The third-order valence-corrected chi connectivity index (χ3v) is 5.03. The topological polar surface area (TPSA) is 41.1 Å². The second kappa shape index (κ2) is 6.57. The molecule has 1 aromatic heterocycles.